The van der Waals surface area contributed by atoms with Crippen molar-refractivity contribution < 1.29 is 18.0 Å². The summed E-state index contributed by atoms with van der Waals surface area (Å²) in [5.74, 6) is -3.13. The molecule has 0 unspecified atom stereocenters. The van der Waals surface area contributed by atoms with Crippen molar-refractivity contribution in [2.45, 2.75) is 31.7 Å². The van der Waals surface area contributed by atoms with Crippen LogP contribution in [0.3, 0.4) is 0 Å². The van der Waals surface area contributed by atoms with E-state index in [4.69, 9.17) is 0 Å². The molecule has 0 radical (unpaired) electrons. The molecule has 1 saturated carbocycles. The highest BCUT2D eigenvalue weighted by Crippen LogP contribution is 2.28. The molecule has 2 aliphatic rings. The number of hydrogen-bond donors (Lipinski definition) is 1. The molecule has 0 bridgehead atoms. The van der Waals surface area contributed by atoms with Crippen molar-refractivity contribution in [2.24, 2.45) is 5.92 Å². The van der Waals surface area contributed by atoms with Crippen LogP contribution in [-0.4, -0.2) is 36.5 Å². The fourth-order valence-electron chi connectivity index (χ4n) is 3.65. The molecule has 1 amide bonds. The van der Waals surface area contributed by atoms with Gasteiger partial charge in [0.25, 0.3) is 5.91 Å². The Labute approximate surface area is 174 Å². The van der Waals surface area contributed by atoms with Crippen LogP contribution in [-0.2, 0) is 0 Å². The molecule has 0 aromatic heterocycles. The van der Waals surface area contributed by atoms with Gasteiger partial charge in [-0.1, -0.05) is 12.1 Å². The van der Waals surface area contributed by atoms with Gasteiger partial charge >= 0.3 is 0 Å². The summed E-state index contributed by atoms with van der Waals surface area (Å²) in [5, 5.41) is 3.60. The van der Waals surface area contributed by atoms with E-state index in [0.29, 0.717) is 17.2 Å². The van der Waals surface area contributed by atoms with E-state index in [9.17, 15) is 18.0 Å². The van der Waals surface area contributed by atoms with Gasteiger partial charge in [0.05, 0.1) is 0 Å². The lowest BCUT2D eigenvalue weighted by Gasteiger charge is -2.32. The van der Waals surface area contributed by atoms with Gasteiger partial charge in [-0.3, -0.25) is 4.79 Å². The van der Waals surface area contributed by atoms with E-state index < -0.39 is 17.5 Å². The van der Waals surface area contributed by atoms with E-state index in [0.717, 1.165) is 50.5 Å². The second-order valence-corrected chi connectivity index (χ2v) is 7.75. The Bertz CT molecular complexity index is 840. The number of piperidine rings is 1. The standard InChI is InChI=1S/C22H23F3N2O.ClH/c23-19-11-17(12-20(24)21(19)25)15-3-5-16(6-4-15)22(28)27-9-7-18(8-10-27)26-13-14-1-2-14;/h3-6,11-12,14,18,26H,1-2,7-10,13H2;1H. The second-order valence-electron chi connectivity index (χ2n) is 7.75. The smallest absolute Gasteiger partial charge is 0.253 e. The Morgan fingerprint density at radius 3 is 2.07 bits per heavy atom. The molecule has 2 fully saturated rings. The van der Waals surface area contributed by atoms with Crippen LogP contribution in [0.4, 0.5) is 13.2 Å². The van der Waals surface area contributed by atoms with Crippen LogP contribution in [0.15, 0.2) is 36.4 Å². The van der Waals surface area contributed by atoms with E-state index in [1.54, 1.807) is 24.3 Å². The summed E-state index contributed by atoms with van der Waals surface area (Å²) in [6.45, 7) is 2.53. The number of carbonyl (C=O) groups is 1. The second kappa shape index (κ2) is 9.18. The first kappa shape index (κ1) is 21.7. The van der Waals surface area contributed by atoms with Crippen molar-refractivity contribution in [3.05, 3.63) is 59.4 Å². The quantitative estimate of drug-likeness (QED) is 0.699. The van der Waals surface area contributed by atoms with Crippen LogP contribution in [0.2, 0.25) is 0 Å². The molecule has 1 aliphatic heterocycles. The Morgan fingerprint density at radius 2 is 1.52 bits per heavy atom. The maximum atomic E-state index is 13.4. The average molecular weight is 425 g/mol. The average Bonchev–Trinajstić information content (AvgIpc) is 3.55. The molecule has 1 N–H and O–H groups in total. The van der Waals surface area contributed by atoms with Gasteiger partial charge in [-0.2, -0.15) is 0 Å². The Hall–Kier alpha value is -2.05. The van der Waals surface area contributed by atoms with Crippen LogP contribution in [0, 0.1) is 23.4 Å². The number of halogens is 4. The molecule has 7 heteroatoms. The third-order valence-electron chi connectivity index (χ3n) is 5.62. The lowest BCUT2D eigenvalue weighted by Crippen LogP contribution is -2.45. The third-order valence-corrected chi connectivity index (χ3v) is 5.62. The molecule has 1 saturated heterocycles. The maximum Gasteiger partial charge on any atom is 0.253 e. The van der Waals surface area contributed by atoms with Gasteiger partial charge < -0.3 is 10.2 Å². The number of nitrogens with zero attached hydrogens (tertiary/aromatic N) is 1. The molecule has 3 nitrogen and oxygen atoms in total. The van der Waals surface area contributed by atoms with Gasteiger partial charge in [-0.25, -0.2) is 13.2 Å². The van der Waals surface area contributed by atoms with Crippen LogP contribution in [0.5, 0.6) is 0 Å². The van der Waals surface area contributed by atoms with Crippen molar-refractivity contribution in [3.63, 3.8) is 0 Å². The van der Waals surface area contributed by atoms with E-state index >= 15 is 0 Å². The minimum atomic E-state index is -1.48. The highest BCUT2D eigenvalue weighted by molar-refractivity contribution is 5.94. The highest BCUT2D eigenvalue weighted by Gasteiger charge is 2.26. The number of likely N-dealkylation sites (tertiary alicyclic amines) is 1. The molecule has 0 atom stereocenters. The summed E-state index contributed by atoms with van der Waals surface area (Å²) in [6, 6.07) is 8.94. The fourth-order valence-corrected chi connectivity index (χ4v) is 3.65. The molecular weight excluding hydrogens is 401 g/mol. The van der Waals surface area contributed by atoms with Crippen molar-refractivity contribution in [2.75, 3.05) is 19.6 Å². The number of nitrogens with one attached hydrogen (secondary N) is 1. The van der Waals surface area contributed by atoms with Crippen molar-refractivity contribution >= 4 is 18.3 Å². The van der Waals surface area contributed by atoms with E-state index in [-0.39, 0.29) is 23.9 Å². The van der Waals surface area contributed by atoms with Crippen LogP contribution >= 0.6 is 12.4 Å². The van der Waals surface area contributed by atoms with Crippen molar-refractivity contribution in [1.29, 1.82) is 0 Å². The zero-order valence-corrected chi connectivity index (χ0v) is 16.8. The molecule has 156 valence electrons. The summed E-state index contributed by atoms with van der Waals surface area (Å²) in [6.07, 6.45) is 4.56. The monoisotopic (exact) mass is 424 g/mol. The predicted octanol–water partition coefficient (Wildman–Crippen LogP) is 4.80. The summed E-state index contributed by atoms with van der Waals surface area (Å²) < 4.78 is 40.0. The van der Waals surface area contributed by atoms with Gasteiger partial charge in [0.2, 0.25) is 0 Å². The van der Waals surface area contributed by atoms with Gasteiger partial charge in [0.1, 0.15) is 0 Å². The highest BCUT2D eigenvalue weighted by atomic mass is 35.5. The van der Waals surface area contributed by atoms with Gasteiger partial charge in [0, 0.05) is 24.7 Å². The largest absolute Gasteiger partial charge is 0.339 e. The molecule has 2 aromatic rings. The number of amides is 1. The number of rotatable bonds is 5. The summed E-state index contributed by atoms with van der Waals surface area (Å²) in [4.78, 5) is 14.6. The zero-order valence-electron chi connectivity index (χ0n) is 16.0. The lowest BCUT2D eigenvalue weighted by molar-refractivity contribution is 0.0705. The molecule has 29 heavy (non-hydrogen) atoms. The molecular formula is C22H24ClF3N2O. The summed E-state index contributed by atoms with van der Waals surface area (Å²) in [5.41, 5.74) is 1.30. The van der Waals surface area contributed by atoms with Crippen molar-refractivity contribution in [3.8, 4) is 11.1 Å². The van der Waals surface area contributed by atoms with E-state index in [1.807, 2.05) is 4.90 Å². The Morgan fingerprint density at radius 1 is 0.931 bits per heavy atom. The van der Waals surface area contributed by atoms with Crippen molar-refractivity contribution in [1.82, 2.24) is 10.2 Å². The summed E-state index contributed by atoms with van der Waals surface area (Å²) >= 11 is 0. The molecule has 2 aromatic carbocycles. The van der Waals surface area contributed by atoms with E-state index in [1.165, 1.54) is 12.8 Å². The minimum Gasteiger partial charge on any atom is -0.339 e. The van der Waals surface area contributed by atoms with Gasteiger partial charge in [-0.05, 0) is 73.5 Å². The lowest BCUT2D eigenvalue weighted by atomic mass is 10.0. The number of carbonyl (C=O) groups excluding carboxylic acids is 1. The number of hydrogen-bond acceptors (Lipinski definition) is 2. The maximum absolute atomic E-state index is 13.4. The predicted molar refractivity (Wildman–Crippen MR) is 109 cm³/mol. The summed E-state index contributed by atoms with van der Waals surface area (Å²) in [7, 11) is 0. The van der Waals surface area contributed by atoms with E-state index in [2.05, 4.69) is 5.32 Å². The third kappa shape index (κ3) is 5.11. The van der Waals surface area contributed by atoms with Crippen LogP contribution < -0.4 is 5.32 Å². The molecule has 0 spiro atoms. The minimum absolute atomic E-state index is 0. The molecule has 4 rings (SSSR count). The Balaban J connectivity index is 0.00000240. The number of benzene rings is 2. The Kier molecular flexibility index (Phi) is 6.85. The van der Waals surface area contributed by atoms with Gasteiger partial charge in [0.15, 0.2) is 17.5 Å². The SMILES string of the molecule is Cl.O=C(c1ccc(-c2cc(F)c(F)c(F)c2)cc1)N1CCC(NCC2CC2)CC1. The normalized spacial score (nSPS) is 17.1. The molecule has 1 aliphatic carbocycles. The van der Waals surface area contributed by atoms with Gasteiger partial charge in [-0.15, -0.1) is 12.4 Å². The first-order chi connectivity index (χ1) is 13.5. The fraction of sp³-hybridized carbons (Fsp3) is 0.409. The first-order valence-corrected chi connectivity index (χ1v) is 9.79. The van der Waals surface area contributed by atoms with Crippen LogP contribution in [0.1, 0.15) is 36.0 Å². The zero-order chi connectivity index (χ0) is 19.7. The topological polar surface area (TPSA) is 32.3 Å². The van der Waals surface area contributed by atoms with Crippen LogP contribution in [0.25, 0.3) is 11.1 Å². The molecule has 1 heterocycles. The first-order valence-electron chi connectivity index (χ1n) is 9.79.